The molecule has 0 aliphatic carbocycles. The minimum atomic E-state index is -4.69. The summed E-state index contributed by atoms with van der Waals surface area (Å²) in [5.74, 6) is 0. The van der Waals surface area contributed by atoms with Crippen molar-refractivity contribution >= 4 is 0 Å². The fourth-order valence-electron chi connectivity index (χ4n) is 3.43. The van der Waals surface area contributed by atoms with Crippen molar-refractivity contribution in [3.8, 4) is 0 Å². The Balaban J connectivity index is 0. The topological polar surface area (TPSA) is 89.4 Å². The molecule has 1 N–H and O–H groups in total. The van der Waals surface area contributed by atoms with Crippen molar-refractivity contribution in [1.29, 1.82) is 0 Å². The van der Waals surface area contributed by atoms with Crippen LogP contribution < -0.4 is 14.0 Å². The highest BCUT2D eigenvalue weighted by Gasteiger charge is 2.33. The van der Waals surface area contributed by atoms with Gasteiger partial charge in [0.05, 0.1) is 41.1 Å². The predicted molar refractivity (Wildman–Crippen MR) is 114 cm³/mol. The Morgan fingerprint density at radius 2 is 0.931 bits per heavy atom. The van der Waals surface area contributed by atoms with Crippen LogP contribution in [-0.4, -0.2) is 35.3 Å². The highest BCUT2D eigenvalue weighted by Crippen LogP contribution is 2.24. The summed E-state index contributed by atoms with van der Waals surface area (Å²) in [5.41, 5.74) is 0.413. The second-order valence-corrected chi connectivity index (χ2v) is 10.4. The van der Waals surface area contributed by atoms with Crippen LogP contribution in [0.3, 0.4) is 0 Å². The molecule has 0 atom stereocenters. The third-order valence-electron chi connectivity index (χ3n) is 6.57. The van der Waals surface area contributed by atoms with Gasteiger partial charge in [0.25, 0.3) is 0 Å². The van der Waals surface area contributed by atoms with Crippen LogP contribution in [0.25, 0.3) is 0 Å². The normalized spacial score (nSPS) is 12.6. The van der Waals surface area contributed by atoms with Gasteiger partial charge in [0.15, 0.2) is 0 Å². The van der Waals surface area contributed by atoms with Gasteiger partial charge in [-0.1, -0.05) is 90.9 Å². The van der Waals surface area contributed by atoms with Gasteiger partial charge in [0.2, 0.25) is 0 Å². The summed E-state index contributed by atoms with van der Waals surface area (Å²) in [6.45, 7) is 10.8. The van der Waals surface area contributed by atoms with Crippen molar-refractivity contribution in [2.75, 3.05) is 20.6 Å². The van der Waals surface area contributed by atoms with E-state index in [1.165, 1.54) is 107 Å². The molecule has 0 fully saturated rings. The molecule has 0 saturated carbocycles. The fraction of sp³-hybridized carbons (Fsp3) is 1.00. The monoisotopic (exact) mass is 440 g/mol. The summed E-state index contributed by atoms with van der Waals surface area (Å²) < 4.78 is 33.9. The first kappa shape index (κ1) is 31.3. The molecule has 0 aromatic rings. The maximum absolute atomic E-state index is 8.60. The third kappa shape index (κ3) is 22.6. The first-order valence-corrected chi connectivity index (χ1v) is 13.1. The van der Waals surface area contributed by atoms with Crippen LogP contribution in [0.15, 0.2) is 0 Å². The molecule has 0 unspecified atom stereocenters. The van der Waals surface area contributed by atoms with Gasteiger partial charge < -0.3 is 4.48 Å². The van der Waals surface area contributed by atoms with Crippen LogP contribution in [0, 0.1) is 10.2 Å². The molecule has 0 aliphatic heterocycles. The Hall–Kier alpha value is 0.0900. The molecule has 0 heterocycles. The maximum Gasteiger partial charge on any atom is 0.0928 e. The average molecular weight is 441 g/mol. The van der Waals surface area contributed by atoms with Crippen molar-refractivity contribution in [3.63, 3.8) is 0 Å². The maximum atomic E-state index is 8.60. The van der Waals surface area contributed by atoms with Gasteiger partial charge in [-0.2, -0.15) is 14.0 Å². The van der Waals surface area contributed by atoms with E-state index in [1.54, 1.807) is 0 Å². The molecule has 0 spiro atoms. The molecule has 178 valence electrons. The molecule has 29 heavy (non-hydrogen) atoms. The van der Waals surface area contributed by atoms with E-state index in [4.69, 9.17) is 18.6 Å². The lowest BCUT2D eigenvalue weighted by Crippen LogP contribution is -2.58. The van der Waals surface area contributed by atoms with Crippen LogP contribution >= 0.6 is 0 Å². The van der Waals surface area contributed by atoms with E-state index in [1.807, 2.05) is 0 Å². The Kier molecular flexibility index (Phi) is 19.1. The molecule has 0 saturated heterocycles. The Morgan fingerprint density at radius 1 is 0.655 bits per heavy atom. The van der Waals surface area contributed by atoms with Gasteiger partial charge in [0, 0.05) is 0 Å². The van der Waals surface area contributed by atoms with Gasteiger partial charge in [-0.15, -0.1) is 0 Å². The van der Waals surface area contributed by atoms with E-state index >= 15 is 0 Å². The second kappa shape index (κ2) is 17.7. The van der Waals surface area contributed by atoms with E-state index in [-0.39, 0.29) is 0 Å². The Morgan fingerprint density at radius 3 is 1.21 bits per heavy atom. The Bertz CT molecular complexity index is 351. The molecule has 6 heteroatoms. The third-order valence-corrected chi connectivity index (χ3v) is 6.57. The number of unbranched alkanes of at least 4 members (excludes halogenated alkanes) is 13. The van der Waals surface area contributed by atoms with Gasteiger partial charge in [-0.3, -0.25) is 0 Å². The van der Waals surface area contributed by atoms with Gasteiger partial charge in [-0.25, -0.2) is 0 Å². The van der Waals surface area contributed by atoms with E-state index < -0.39 is 10.2 Å². The molecule has 0 radical (unpaired) electrons. The summed E-state index contributed by atoms with van der Waals surface area (Å²) in [6.07, 6.45) is 21.6. The van der Waals surface area contributed by atoms with Crippen molar-refractivity contribution in [2.45, 2.75) is 130 Å². The van der Waals surface area contributed by atoms with E-state index in [0.29, 0.717) is 5.54 Å². The van der Waals surface area contributed by atoms with Gasteiger partial charge in [-0.05, 0) is 33.1 Å². The lowest BCUT2D eigenvalue weighted by atomic mass is 9.96. The van der Waals surface area contributed by atoms with Gasteiger partial charge >= 0.3 is 0 Å². The smallest absolute Gasteiger partial charge is 0.0928 e. The second-order valence-electron chi connectivity index (χ2n) is 9.57. The zero-order chi connectivity index (χ0) is 22.8. The van der Waals surface area contributed by atoms with Crippen LogP contribution in [0.1, 0.15) is 124 Å². The molecule has 0 rings (SSSR count). The number of nitrogens with zero attached hydrogens (tertiary/aromatic N) is 1. The zero-order valence-electron chi connectivity index (χ0n) is 20.3. The van der Waals surface area contributed by atoms with Crippen LogP contribution in [-0.2, 0) is 0 Å². The SMILES string of the molecule is CCCCCCCCCCCCCCCC[N+](C)(C)C(C)(C)CC.[O-][Cl+3]([O-])([O-])O. The predicted octanol–water partition coefficient (Wildman–Crippen LogP) is 3.61. The van der Waals surface area contributed by atoms with Crippen molar-refractivity contribution in [3.05, 3.63) is 0 Å². The zero-order valence-corrected chi connectivity index (χ0v) is 21.1. The average Bonchev–Trinajstić information content (AvgIpc) is 2.60. The number of halogens is 1. The molecule has 0 aromatic carbocycles. The summed E-state index contributed by atoms with van der Waals surface area (Å²) in [5, 5.41) is 0. The Labute approximate surface area is 183 Å². The quantitative estimate of drug-likeness (QED) is 0.276. The van der Waals surface area contributed by atoms with E-state index in [2.05, 4.69) is 41.8 Å². The molecule has 0 bridgehead atoms. The first-order chi connectivity index (χ1) is 13.4. The molecule has 5 nitrogen and oxygen atoms in total. The molecule has 0 amide bonds. The van der Waals surface area contributed by atoms with Gasteiger partial charge in [0.1, 0.15) is 0 Å². The number of rotatable bonds is 17. The number of hydrogen-bond acceptors (Lipinski definition) is 4. The number of hydrogen-bond donors (Lipinski definition) is 1. The van der Waals surface area contributed by atoms with Crippen molar-refractivity contribution in [1.82, 2.24) is 0 Å². The summed E-state index contributed by atoms with van der Waals surface area (Å²) in [7, 11) is 0.123. The first-order valence-electron chi connectivity index (χ1n) is 11.8. The number of quaternary nitrogens is 1. The highest BCUT2D eigenvalue weighted by molar-refractivity contribution is 4.66. The fourth-order valence-corrected chi connectivity index (χ4v) is 3.43. The standard InChI is InChI=1S/C23H50N.ClHO4/c1-7-9-10-11-12-13-14-15-16-17-18-19-20-21-22-24(5,6)23(3,4)8-2;2-1(3,4)5/h7-22H2,1-6H3;(H,2,3,4,5)/q+1;. The molecular formula is C23H51ClNO4+. The lowest BCUT2D eigenvalue weighted by molar-refractivity contribution is -1.92. The molecule has 0 aromatic heterocycles. The summed E-state index contributed by atoms with van der Waals surface area (Å²) in [6, 6.07) is 0. The summed E-state index contributed by atoms with van der Waals surface area (Å²) >= 11 is 0. The van der Waals surface area contributed by atoms with E-state index in [0.717, 1.165) is 0 Å². The van der Waals surface area contributed by atoms with Crippen molar-refractivity contribution in [2.24, 2.45) is 0 Å². The van der Waals surface area contributed by atoms with Crippen LogP contribution in [0.5, 0.6) is 0 Å². The largest absolute Gasteiger partial charge is 0.324 e. The van der Waals surface area contributed by atoms with Crippen LogP contribution in [0.4, 0.5) is 0 Å². The minimum Gasteiger partial charge on any atom is -0.324 e. The minimum absolute atomic E-state index is 0.413. The lowest BCUT2D eigenvalue weighted by Gasteiger charge is -2.44. The van der Waals surface area contributed by atoms with Crippen molar-refractivity contribution < 1.29 is 33.4 Å². The van der Waals surface area contributed by atoms with Crippen LogP contribution in [0.2, 0.25) is 0 Å². The molecular weight excluding hydrogens is 390 g/mol. The highest BCUT2D eigenvalue weighted by atomic mass is 35.7. The summed E-state index contributed by atoms with van der Waals surface area (Å²) in [4.78, 5) is 0. The van der Waals surface area contributed by atoms with E-state index in [9.17, 15) is 0 Å². The molecule has 0 aliphatic rings.